The van der Waals surface area contributed by atoms with Crippen LogP contribution in [0.5, 0.6) is 5.75 Å². The average molecular weight is 379 g/mol. The van der Waals surface area contributed by atoms with Crippen LogP contribution in [0, 0.1) is 5.92 Å². The molecule has 4 rings (SSSR count). The van der Waals surface area contributed by atoms with Gasteiger partial charge in [0.25, 0.3) is 5.91 Å². The minimum absolute atomic E-state index is 0.0630. The third kappa shape index (κ3) is 4.27. The number of ether oxygens (including phenoxy) is 1. The fourth-order valence-electron chi connectivity index (χ4n) is 3.59. The summed E-state index contributed by atoms with van der Waals surface area (Å²) in [4.78, 5) is 19.3. The number of aromatic nitrogens is 1. The van der Waals surface area contributed by atoms with Crippen molar-refractivity contribution in [3.63, 3.8) is 0 Å². The summed E-state index contributed by atoms with van der Waals surface area (Å²) in [6, 6.07) is 13.5. The summed E-state index contributed by atoms with van der Waals surface area (Å²) in [6.45, 7) is 4.62. The molecule has 1 atom stereocenters. The summed E-state index contributed by atoms with van der Waals surface area (Å²) in [5, 5.41) is 3.79. The SMILES string of the molecule is C[C@H]1CCCN(c2ccc3cccc(OCC(=O)NCc4ccco4)c3n2)C1. The number of fused-ring (bicyclic) bond motifs is 1. The number of carbonyl (C=O) groups excluding carboxylic acids is 1. The van der Waals surface area contributed by atoms with E-state index < -0.39 is 0 Å². The lowest BCUT2D eigenvalue weighted by molar-refractivity contribution is -0.123. The van der Waals surface area contributed by atoms with Crippen LogP contribution in [0.15, 0.2) is 53.1 Å². The van der Waals surface area contributed by atoms with E-state index in [0.29, 0.717) is 24.0 Å². The third-order valence-electron chi connectivity index (χ3n) is 5.05. The highest BCUT2D eigenvalue weighted by molar-refractivity contribution is 5.86. The highest BCUT2D eigenvalue weighted by Crippen LogP contribution is 2.28. The van der Waals surface area contributed by atoms with Gasteiger partial charge in [-0.05, 0) is 49.1 Å². The average Bonchev–Trinajstić information content (AvgIpc) is 3.24. The summed E-state index contributed by atoms with van der Waals surface area (Å²) in [5.74, 6) is 2.78. The zero-order chi connectivity index (χ0) is 19.3. The van der Waals surface area contributed by atoms with E-state index in [1.54, 1.807) is 12.3 Å². The van der Waals surface area contributed by atoms with Crippen LogP contribution in [0.1, 0.15) is 25.5 Å². The highest BCUT2D eigenvalue weighted by Gasteiger charge is 2.18. The Kier molecular flexibility index (Phi) is 5.46. The van der Waals surface area contributed by atoms with E-state index in [9.17, 15) is 4.79 Å². The van der Waals surface area contributed by atoms with Crippen molar-refractivity contribution >= 4 is 22.6 Å². The molecule has 1 fully saturated rings. The Morgan fingerprint density at radius 2 is 2.21 bits per heavy atom. The number of para-hydroxylation sites is 1. The van der Waals surface area contributed by atoms with Crippen molar-refractivity contribution in [3.05, 3.63) is 54.5 Å². The van der Waals surface area contributed by atoms with Gasteiger partial charge in [-0.3, -0.25) is 4.79 Å². The van der Waals surface area contributed by atoms with E-state index in [0.717, 1.165) is 29.8 Å². The maximum Gasteiger partial charge on any atom is 0.258 e. The number of piperidine rings is 1. The molecule has 2 aromatic heterocycles. The Hall–Kier alpha value is -3.02. The topological polar surface area (TPSA) is 67.6 Å². The normalized spacial score (nSPS) is 16.9. The standard InChI is InChI=1S/C22H25N3O3/c1-16-5-3-11-25(14-16)20-10-9-17-6-2-8-19(22(17)24-20)28-15-21(26)23-13-18-7-4-12-27-18/h2,4,6-10,12,16H,3,5,11,13-15H2,1H3,(H,23,26)/t16-/m0/s1. The van der Waals surface area contributed by atoms with Gasteiger partial charge >= 0.3 is 0 Å². The van der Waals surface area contributed by atoms with Crippen molar-refractivity contribution in [2.24, 2.45) is 5.92 Å². The molecule has 3 heterocycles. The number of carbonyl (C=O) groups is 1. The molecule has 0 radical (unpaired) electrons. The molecule has 1 amide bonds. The van der Waals surface area contributed by atoms with Crippen molar-refractivity contribution in [2.75, 3.05) is 24.6 Å². The van der Waals surface area contributed by atoms with Crippen LogP contribution < -0.4 is 15.0 Å². The molecule has 1 aromatic carbocycles. The maximum atomic E-state index is 12.1. The molecule has 1 saturated heterocycles. The van der Waals surface area contributed by atoms with Gasteiger partial charge < -0.3 is 19.4 Å². The van der Waals surface area contributed by atoms with Gasteiger partial charge in [-0.1, -0.05) is 19.1 Å². The molecule has 3 aromatic rings. The van der Waals surface area contributed by atoms with Gasteiger partial charge in [-0.15, -0.1) is 0 Å². The molecule has 0 bridgehead atoms. The number of nitrogens with one attached hydrogen (secondary N) is 1. The van der Waals surface area contributed by atoms with E-state index in [1.165, 1.54) is 12.8 Å². The van der Waals surface area contributed by atoms with Crippen molar-refractivity contribution in [2.45, 2.75) is 26.3 Å². The first kappa shape index (κ1) is 18.3. The van der Waals surface area contributed by atoms with Crippen LogP contribution in [0.2, 0.25) is 0 Å². The Morgan fingerprint density at radius 3 is 3.04 bits per heavy atom. The van der Waals surface area contributed by atoms with Crippen molar-refractivity contribution in [3.8, 4) is 5.75 Å². The first-order valence-corrected chi connectivity index (χ1v) is 9.75. The monoisotopic (exact) mass is 379 g/mol. The Bertz CT molecular complexity index is 939. The number of hydrogen-bond donors (Lipinski definition) is 1. The number of rotatable bonds is 6. The van der Waals surface area contributed by atoms with Crippen LogP contribution in [0.4, 0.5) is 5.82 Å². The number of anilines is 1. The molecule has 6 nitrogen and oxygen atoms in total. The van der Waals surface area contributed by atoms with Gasteiger partial charge in [-0.25, -0.2) is 4.98 Å². The summed E-state index contributed by atoms with van der Waals surface area (Å²) in [7, 11) is 0. The van der Waals surface area contributed by atoms with Gasteiger partial charge in [0, 0.05) is 18.5 Å². The highest BCUT2D eigenvalue weighted by atomic mass is 16.5. The second-order valence-corrected chi connectivity index (χ2v) is 7.34. The van der Waals surface area contributed by atoms with Crippen LogP contribution in [-0.2, 0) is 11.3 Å². The van der Waals surface area contributed by atoms with E-state index >= 15 is 0 Å². The molecule has 1 aliphatic heterocycles. The molecule has 0 saturated carbocycles. The van der Waals surface area contributed by atoms with E-state index in [2.05, 4.69) is 29.3 Å². The largest absolute Gasteiger partial charge is 0.481 e. The Labute approximate surface area is 164 Å². The lowest BCUT2D eigenvalue weighted by Gasteiger charge is -2.32. The predicted molar refractivity (Wildman–Crippen MR) is 108 cm³/mol. The number of furan rings is 1. The molecule has 0 spiro atoms. The van der Waals surface area contributed by atoms with Gasteiger partial charge in [0.15, 0.2) is 6.61 Å². The van der Waals surface area contributed by atoms with Gasteiger partial charge in [0.2, 0.25) is 0 Å². The smallest absolute Gasteiger partial charge is 0.258 e. The van der Waals surface area contributed by atoms with Crippen LogP contribution in [-0.4, -0.2) is 30.6 Å². The van der Waals surface area contributed by atoms with Crippen molar-refractivity contribution in [1.82, 2.24) is 10.3 Å². The van der Waals surface area contributed by atoms with Crippen LogP contribution >= 0.6 is 0 Å². The Morgan fingerprint density at radius 1 is 1.29 bits per heavy atom. The van der Waals surface area contributed by atoms with E-state index in [4.69, 9.17) is 14.1 Å². The summed E-state index contributed by atoms with van der Waals surface area (Å²) < 4.78 is 11.0. The number of benzene rings is 1. The lowest BCUT2D eigenvalue weighted by atomic mass is 10.0. The fourth-order valence-corrected chi connectivity index (χ4v) is 3.59. The van der Waals surface area contributed by atoms with Crippen molar-refractivity contribution < 1.29 is 13.9 Å². The molecular formula is C22H25N3O3. The fraction of sp³-hybridized carbons (Fsp3) is 0.364. The summed E-state index contributed by atoms with van der Waals surface area (Å²) >= 11 is 0. The zero-order valence-corrected chi connectivity index (χ0v) is 16.1. The van der Waals surface area contributed by atoms with Gasteiger partial charge in [0.05, 0.1) is 12.8 Å². The molecule has 6 heteroatoms. The molecule has 1 aliphatic rings. The second-order valence-electron chi connectivity index (χ2n) is 7.34. The lowest BCUT2D eigenvalue weighted by Crippen LogP contribution is -2.34. The Balaban J connectivity index is 1.45. The number of amides is 1. The van der Waals surface area contributed by atoms with Gasteiger partial charge in [0.1, 0.15) is 22.8 Å². The molecule has 28 heavy (non-hydrogen) atoms. The minimum atomic E-state index is -0.200. The number of pyridine rings is 1. The molecule has 1 N–H and O–H groups in total. The van der Waals surface area contributed by atoms with Crippen LogP contribution in [0.25, 0.3) is 10.9 Å². The van der Waals surface area contributed by atoms with Crippen molar-refractivity contribution in [1.29, 1.82) is 0 Å². The summed E-state index contributed by atoms with van der Waals surface area (Å²) in [5.41, 5.74) is 0.789. The first-order valence-electron chi connectivity index (χ1n) is 9.75. The third-order valence-corrected chi connectivity index (χ3v) is 5.05. The number of hydrogen-bond acceptors (Lipinski definition) is 5. The van der Waals surface area contributed by atoms with E-state index in [1.807, 2.05) is 24.3 Å². The molecular weight excluding hydrogens is 354 g/mol. The second kappa shape index (κ2) is 8.33. The molecule has 146 valence electrons. The summed E-state index contributed by atoms with van der Waals surface area (Å²) in [6.07, 6.45) is 4.04. The van der Waals surface area contributed by atoms with Crippen LogP contribution in [0.3, 0.4) is 0 Å². The quantitative estimate of drug-likeness (QED) is 0.706. The number of nitrogens with zero attached hydrogens (tertiary/aromatic N) is 2. The molecule has 0 unspecified atom stereocenters. The van der Waals surface area contributed by atoms with Gasteiger partial charge in [-0.2, -0.15) is 0 Å². The molecule has 0 aliphatic carbocycles. The predicted octanol–water partition coefficient (Wildman–Crippen LogP) is 3.76. The zero-order valence-electron chi connectivity index (χ0n) is 16.1. The minimum Gasteiger partial charge on any atom is -0.481 e. The van der Waals surface area contributed by atoms with E-state index in [-0.39, 0.29) is 12.5 Å². The maximum absolute atomic E-state index is 12.1. The first-order chi connectivity index (χ1) is 13.7.